The van der Waals surface area contributed by atoms with Gasteiger partial charge in [-0.05, 0) is 48.7 Å². The second-order valence-corrected chi connectivity index (χ2v) is 4.70. The summed E-state index contributed by atoms with van der Waals surface area (Å²) in [4.78, 5) is 0. The Labute approximate surface area is 123 Å². The van der Waals surface area contributed by atoms with E-state index >= 15 is 0 Å². The Morgan fingerprint density at radius 2 is 1.90 bits per heavy atom. The number of rotatable bonds is 5. The van der Waals surface area contributed by atoms with E-state index in [9.17, 15) is 0 Å². The summed E-state index contributed by atoms with van der Waals surface area (Å²) in [6, 6.07) is 12.9. The van der Waals surface area contributed by atoms with Gasteiger partial charge in [0.2, 0.25) is 0 Å². The fourth-order valence-electron chi connectivity index (χ4n) is 1.96. The van der Waals surface area contributed by atoms with Crippen LogP contribution in [-0.2, 0) is 6.42 Å². The SMILES string of the molecule is Cc1ccc(/C(N)=N/O)c(Oc2ccc(CCO)cc2)c1. The third kappa shape index (κ3) is 3.73. The first-order valence-electron chi connectivity index (χ1n) is 6.60. The van der Waals surface area contributed by atoms with Crippen LogP contribution in [0.3, 0.4) is 0 Å². The van der Waals surface area contributed by atoms with Crippen molar-refractivity contribution in [3.05, 3.63) is 59.2 Å². The molecule has 0 fully saturated rings. The Bertz CT molecular complexity index is 636. The van der Waals surface area contributed by atoms with Crippen molar-refractivity contribution < 1.29 is 15.1 Å². The average Bonchev–Trinajstić information content (AvgIpc) is 2.49. The fourth-order valence-corrected chi connectivity index (χ4v) is 1.96. The maximum atomic E-state index is 8.90. The molecular formula is C16H18N2O3. The molecule has 4 N–H and O–H groups in total. The van der Waals surface area contributed by atoms with Crippen LogP contribution >= 0.6 is 0 Å². The number of aliphatic hydroxyl groups is 1. The van der Waals surface area contributed by atoms with E-state index in [1.807, 2.05) is 43.3 Å². The molecule has 0 saturated heterocycles. The highest BCUT2D eigenvalue weighted by Gasteiger charge is 2.09. The minimum absolute atomic E-state index is 0.00176. The molecule has 0 atom stereocenters. The van der Waals surface area contributed by atoms with Gasteiger partial charge in [-0.25, -0.2) is 0 Å². The normalized spacial score (nSPS) is 11.4. The summed E-state index contributed by atoms with van der Waals surface area (Å²) >= 11 is 0. The third-order valence-corrected chi connectivity index (χ3v) is 3.07. The van der Waals surface area contributed by atoms with Gasteiger partial charge in [-0.1, -0.05) is 23.4 Å². The van der Waals surface area contributed by atoms with Gasteiger partial charge in [0.15, 0.2) is 5.84 Å². The highest BCUT2D eigenvalue weighted by atomic mass is 16.5. The van der Waals surface area contributed by atoms with Crippen LogP contribution in [0.5, 0.6) is 11.5 Å². The molecule has 0 aliphatic rings. The second-order valence-electron chi connectivity index (χ2n) is 4.70. The smallest absolute Gasteiger partial charge is 0.173 e. The first kappa shape index (κ1) is 14.9. The molecule has 110 valence electrons. The minimum Gasteiger partial charge on any atom is -0.457 e. The number of aliphatic hydroxyl groups excluding tert-OH is 1. The molecule has 2 aromatic carbocycles. The monoisotopic (exact) mass is 286 g/mol. The molecule has 2 rings (SSSR count). The van der Waals surface area contributed by atoms with Crippen molar-refractivity contribution in [1.29, 1.82) is 0 Å². The Morgan fingerprint density at radius 3 is 2.52 bits per heavy atom. The number of hydrogen-bond acceptors (Lipinski definition) is 4. The van der Waals surface area contributed by atoms with Crippen molar-refractivity contribution in [2.24, 2.45) is 10.9 Å². The molecule has 0 aromatic heterocycles. The molecular weight excluding hydrogens is 268 g/mol. The van der Waals surface area contributed by atoms with Gasteiger partial charge in [-0.15, -0.1) is 0 Å². The van der Waals surface area contributed by atoms with Crippen LogP contribution in [0.15, 0.2) is 47.6 Å². The lowest BCUT2D eigenvalue weighted by atomic mass is 10.1. The summed E-state index contributed by atoms with van der Waals surface area (Å²) in [6.45, 7) is 2.05. The molecule has 0 amide bonds. The van der Waals surface area contributed by atoms with Crippen molar-refractivity contribution >= 4 is 5.84 Å². The summed E-state index contributed by atoms with van der Waals surface area (Å²) in [6.07, 6.45) is 0.611. The highest BCUT2D eigenvalue weighted by Crippen LogP contribution is 2.26. The van der Waals surface area contributed by atoms with Gasteiger partial charge in [0, 0.05) is 6.61 Å². The van der Waals surface area contributed by atoms with Crippen LogP contribution in [-0.4, -0.2) is 22.8 Å². The lowest BCUT2D eigenvalue weighted by Crippen LogP contribution is -2.14. The van der Waals surface area contributed by atoms with Crippen LogP contribution in [0, 0.1) is 6.92 Å². The zero-order valence-electron chi connectivity index (χ0n) is 11.8. The molecule has 0 aliphatic heterocycles. The number of amidine groups is 1. The molecule has 2 aromatic rings. The van der Waals surface area contributed by atoms with E-state index in [2.05, 4.69) is 5.16 Å². The second kappa shape index (κ2) is 6.76. The third-order valence-electron chi connectivity index (χ3n) is 3.07. The number of hydrogen-bond donors (Lipinski definition) is 3. The number of oxime groups is 1. The van der Waals surface area contributed by atoms with E-state index in [1.54, 1.807) is 6.07 Å². The van der Waals surface area contributed by atoms with Crippen LogP contribution in [0.2, 0.25) is 0 Å². The van der Waals surface area contributed by atoms with Crippen LogP contribution in [0.4, 0.5) is 0 Å². The van der Waals surface area contributed by atoms with Crippen molar-refractivity contribution in [3.8, 4) is 11.5 Å². The lowest BCUT2D eigenvalue weighted by Gasteiger charge is -2.11. The molecule has 0 radical (unpaired) electrons. The number of aryl methyl sites for hydroxylation is 1. The lowest BCUT2D eigenvalue weighted by molar-refractivity contribution is 0.299. The van der Waals surface area contributed by atoms with Gasteiger partial charge in [0.1, 0.15) is 11.5 Å². The van der Waals surface area contributed by atoms with Crippen LogP contribution in [0.1, 0.15) is 16.7 Å². The molecule has 0 spiro atoms. The van der Waals surface area contributed by atoms with Crippen LogP contribution in [0.25, 0.3) is 0 Å². The van der Waals surface area contributed by atoms with E-state index < -0.39 is 0 Å². The van der Waals surface area contributed by atoms with Crippen molar-refractivity contribution in [1.82, 2.24) is 0 Å². The highest BCUT2D eigenvalue weighted by molar-refractivity contribution is 5.99. The first-order chi connectivity index (χ1) is 10.1. The molecule has 0 heterocycles. The summed E-state index contributed by atoms with van der Waals surface area (Å²) in [5.74, 6) is 1.18. The summed E-state index contributed by atoms with van der Waals surface area (Å²) in [5.41, 5.74) is 8.23. The number of nitrogens with zero attached hydrogens (tertiary/aromatic N) is 1. The number of ether oxygens (including phenoxy) is 1. The van der Waals surface area contributed by atoms with E-state index in [-0.39, 0.29) is 12.4 Å². The van der Waals surface area contributed by atoms with Gasteiger partial charge in [0.05, 0.1) is 5.56 Å². The standard InChI is InChI=1S/C16H18N2O3/c1-11-2-7-14(16(17)18-20)15(10-11)21-13-5-3-12(4-6-13)8-9-19/h2-7,10,19-20H,8-9H2,1H3,(H2,17,18). The molecule has 0 aliphatic carbocycles. The Morgan fingerprint density at radius 1 is 1.19 bits per heavy atom. The van der Waals surface area contributed by atoms with Gasteiger partial charge in [0.25, 0.3) is 0 Å². The van der Waals surface area contributed by atoms with Crippen molar-refractivity contribution in [2.45, 2.75) is 13.3 Å². The molecule has 0 saturated carbocycles. The molecule has 0 bridgehead atoms. The van der Waals surface area contributed by atoms with Crippen LogP contribution < -0.4 is 10.5 Å². The predicted octanol–water partition coefficient (Wildman–Crippen LogP) is 2.42. The minimum atomic E-state index is 0.00176. The van der Waals surface area contributed by atoms with Crippen molar-refractivity contribution in [3.63, 3.8) is 0 Å². The number of nitrogens with two attached hydrogens (primary N) is 1. The van der Waals surface area contributed by atoms with Gasteiger partial charge in [-0.3, -0.25) is 0 Å². The maximum Gasteiger partial charge on any atom is 0.173 e. The Hall–Kier alpha value is -2.53. The summed E-state index contributed by atoms with van der Waals surface area (Å²) < 4.78 is 5.81. The fraction of sp³-hybridized carbons (Fsp3) is 0.188. The van der Waals surface area contributed by atoms with Gasteiger partial charge < -0.3 is 20.8 Å². The van der Waals surface area contributed by atoms with Gasteiger partial charge in [-0.2, -0.15) is 0 Å². The van der Waals surface area contributed by atoms with E-state index in [1.165, 1.54) is 0 Å². The Kier molecular flexibility index (Phi) is 4.79. The quantitative estimate of drug-likeness (QED) is 0.341. The molecule has 0 unspecified atom stereocenters. The Balaban J connectivity index is 2.28. The molecule has 5 heteroatoms. The topological polar surface area (TPSA) is 88.1 Å². The zero-order valence-corrected chi connectivity index (χ0v) is 11.8. The zero-order chi connectivity index (χ0) is 15.2. The molecule has 21 heavy (non-hydrogen) atoms. The van der Waals surface area contributed by atoms with E-state index in [0.717, 1.165) is 11.1 Å². The summed E-state index contributed by atoms with van der Waals surface area (Å²) in [7, 11) is 0. The summed E-state index contributed by atoms with van der Waals surface area (Å²) in [5, 5.41) is 20.7. The van der Waals surface area contributed by atoms with E-state index in [4.69, 9.17) is 20.8 Å². The van der Waals surface area contributed by atoms with Crippen molar-refractivity contribution in [2.75, 3.05) is 6.61 Å². The average molecular weight is 286 g/mol. The molecule has 5 nitrogen and oxygen atoms in total. The first-order valence-corrected chi connectivity index (χ1v) is 6.60. The largest absolute Gasteiger partial charge is 0.457 e. The van der Waals surface area contributed by atoms with Gasteiger partial charge >= 0.3 is 0 Å². The number of benzene rings is 2. The van der Waals surface area contributed by atoms with E-state index in [0.29, 0.717) is 23.5 Å². The predicted molar refractivity (Wildman–Crippen MR) is 81.0 cm³/mol. The maximum absolute atomic E-state index is 8.90.